The van der Waals surface area contributed by atoms with Gasteiger partial charge in [0.2, 0.25) is 0 Å². The molecule has 18 heavy (non-hydrogen) atoms. The lowest BCUT2D eigenvalue weighted by atomic mass is 10.3. The standard InChI is InChI=1S/C11H13F3N2OS/c1-17-4-2-3-15-11(18)16-10-6-8(13)7(12)5-9(10)14/h5-6H,2-4H2,1H3,(H2,15,16,18). The topological polar surface area (TPSA) is 33.3 Å². The van der Waals surface area contributed by atoms with Gasteiger partial charge in [0, 0.05) is 32.4 Å². The quantitative estimate of drug-likeness (QED) is 0.492. The van der Waals surface area contributed by atoms with Crippen LogP contribution in [0.15, 0.2) is 12.1 Å². The minimum Gasteiger partial charge on any atom is -0.385 e. The highest BCUT2D eigenvalue weighted by atomic mass is 32.1. The van der Waals surface area contributed by atoms with Crippen LogP contribution >= 0.6 is 12.2 Å². The van der Waals surface area contributed by atoms with Crippen molar-refractivity contribution in [2.75, 3.05) is 25.6 Å². The number of halogens is 3. The van der Waals surface area contributed by atoms with Crippen LogP contribution in [0.25, 0.3) is 0 Å². The second kappa shape index (κ2) is 7.17. The Morgan fingerprint density at radius 1 is 1.22 bits per heavy atom. The van der Waals surface area contributed by atoms with E-state index in [-0.39, 0.29) is 10.8 Å². The van der Waals surface area contributed by atoms with E-state index in [0.29, 0.717) is 25.3 Å². The summed E-state index contributed by atoms with van der Waals surface area (Å²) >= 11 is 4.88. The average molecular weight is 278 g/mol. The van der Waals surface area contributed by atoms with Crippen LogP contribution in [0.2, 0.25) is 0 Å². The number of ether oxygens (including phenoxy) is 1. The Kier molecular flexibility index (Phi) is 5.87. The van der Waals surface area contributed by atoms with Crippen LogP contribution in [-0.2, 0) is 4.74 Å². The van der Waals surface area contributed by atoms with Crippen molar-refractivity contribution in [1.82, 2.24) is 5.32 Å². The summed E-state index contributed by atoms with van der Waals surface area (Å²) in [4.78, 5) is 0. The fraction of sp³-hybridized carbons (Fsp3) is 0.364. The van der Waals surface area contributed by atoms with Crippen molar-refractivity contribution in [2.24, 2.45) is 0 Å². The molecule has 0 spiro atoms. The zero-order valence-corrected chi connectivity index (χ0v) is 10.5. The molecule has 0 fully saturated rings. The lowest BCUT2D eigenvalue weighted by molar-refractivity contribution is 0.196. The fourth-order valence-corrected chi connectivity index (χ4v) is 1.42. The SMILES string of the molecule is COCCCNC(=S)Nc1cc(F)c(F)cc1F. The zero-order valence-electron chi connectivity index (χ0n) is 9.73. The number of methoxy groups -OCH3 is 1. The van der Waals surface area contributed by atoms with Crippen LogP contribution in [-0.4, -0.2) is 25.4 Å². The summed E-state index contributed by atoms with van der Waals surface area (Å²) in [5.41, 5.74) is -0.210. The van der Waals surface area contributed by atoms with E-state index in [0.717, 1.165) is 6.42 Å². The van der Waals surface area contributed by atoms with Crippen molar-refractivity contribution in [1.29, 1.82) is 0 Å². The summed E-state index contributed by atoms with van der Waals surface area (Å²) in [6.07, 6.45) is 0.721. The molecular weight excluding hydrogens is 265 g/mol. The number of anilines is 1. The maximum atomic E-state index is 13.3. The molecule has 0 saturated carbocycles. The molecule has 1 aromatic rings. The van der Waals surface area contributed by atoms with Gasteiger partial charge < -0.3 is 15.4 Å². The minimum atomic E-state index is -1.24. The van der Waals surface area contributed by atoms with Gasteiger partial charge in [0.25, 0.3) is 0 Å². The first-order valence-electron chi connectivity index (χ1n) is 5.23. The maximum Gasteiger partial charge on any atom is 0.170 e. The number of benzene rings is 1. The van der Waals surface area contributed by atoms with Crippen LogP contribution in [0.5, 0.6) is 0 Å². The molecule has 100 valence electrons. The predicted octanol–water partition coefficient (Wildman–Crippen LogP) is 2.43. The molecular formula is C11H13F3N2OS. The molecule has 0 heterocycles. The number of hydrogen-bond acceptors (Lipinski definition) is 2. The Bertz CT molecular complexity index is 429. The first-order valence-corrected chi connectivity index (χ1v) is 5.63. The first kappa shape index (κ1) is 14.7. The van der Waals surface area contributed by atoms with Gasteiger partial charge in [-0.1, -0.05) is 0 Å². The summed E-state index contributed by atoms with van der Waals surface area (Å²) in [6, 6.07) is 1.18. The lowest BCUT2D eigenvalue weighted by Gasteiger charge is -2.11. The highest BCUT2D eigenvalue weighted by molar-refractivity contribution is 7.80. The molecule has 0 saturated heterocycles. The Labute approximate surface area is 108 Å². The van der Waals surface area contributed by atoms with E-state index in [1.807, 2.05) is 0 Å². The third kappa shape index (κ3) is 4.50. The third-order valence-electron chi connectivity index (χ3n) is 2.07. The average Bonchev–Trinajstić information content (AvgIpc) is 2.32. The van der Waals surface area contributed by atoms with Crippen LogP contribution in [0.3, 0.4) is 0 Å². The van der Waals surface area contributed by atoms with Crippen molar-refractivity contribution in [3.05, 3.63) is 29.6 Å². The van der Waals surface area contributed by atoms with Gasteiger partial charge >= 0.3 is 0 Å². The van der Waals surface area contributed by atoms with Crippen LogP contribution < -0.4 is 10.6 Å². The van der Waals surface area contributed by atoms with E-state index in [9.17, 15) is 13.2 Å². The van der Waals surface area contributed by atoms with Crippen LogP contribution in [0.4, 0.5) is 18.9 Å². The van der Waals surface area contributed by atoms with Crippen molar-refractivity contribution in [2.45, 2.75) is 6.42 Å². The molecule has 3 nitrogen and oxygen atoms in total. The number of rotatable bonds is 5. The normalized spacial score (nSPS) is 10.2. The summed E-state index contributed by atoms with van der Waals surface area (Å²) in [7, 11) is 1.58. The Balaban J connectivity index is 2.51. The van der Waals surface area contributed by atoms with Gasteiger partial charge in [-0.15, -0.1) is 0 Å². The molecule has 0 atom stereocenters. The Morgan fingerprint density at radius 3 is 2.56 bits per heavy atom. The molecule has 0 bridgehead atoms. The molecule has 2 N–H and O–H groups in total. The highest BCUT2D eigenvalue weighted by Crippen LogP contribution is 2.18. The van der Waals surface area contributed by atoms with Crippen molar-refractivity contribution >= 4 is 23.0 Å². The number of nitrogens with one attached hydrogen (secondary N) is 2. The van der Waals surface area contributed by atoms with Crippen LogP contribution in [0, 0.1) is 17.5 Å². The molecule has 0 aromatic heterocycles. The minimum absolute atomic E-state index is 0.135. The maximum absolute atomic E-state index is 13.3. The van der Waals surface area contributed by atoms with E-state index in [1.54, 1.807) is 7.11 Å². The second-order valence-corrected chi connectivity index (χ2v) is 3.88. The van der Waals surface area contributed by atoms with Crippen LogP contribution in [0.1, 0.15) is 6.42 Å². The van der Waals surface area contributed by atoms with Gasteiger partial charge in [0.05, 0.1) is 5.69 Å². The van der Waals surface area contributed by atoms with Crippen molar-refractivity contribution < 1.29 is 17.9 Å². The smallest absolute Gasteiger partial charge is 0.170 e. The number of thiocarbonyl (C=S) groups is 1. The summed E-state index contributed by atoms with van der Waals surface area (Å²) < 4.78 is 43.7. The molecule has 0 radical (unpaired) electrons. The zero-order chi connectivity index (χ0) is 13.5. The summed E-state index contributed by atoms with van der Waals surface area (Å²) in [6.45, 7) is 1.10. The van der Waals surface area contributed by atoms with E-state index in [4.69, 9.17) is 17.0 Å². The second-order valence-electron chi connectivity index (χ2n) is 3.47. The molecule has 0 aliphatic carbocycles. The van der Waals surface area contributed by atoms with Gasteiger partial charge in [-0.25, -0.2) is 13.2 Å². The van der Waals surface area contributed by atoms with E-state index >= 15 is 0 Å². The van der Waals surface area contributed by atoms with Crippen molar-refractivity contribution in [3.8, 4) is 0 Å². The van der Waals surface area contributed by atoms with E-state index in [1.165, 1.54) is 0 Å². The molecule has 0 aliphatic heterocycles. The molecule has 0 unspecified atom stereocenters. The largest absolute Gasteiger partial charge is 0.385 e. The van der Waals surface area contributed by atoms with Gasteiger partial charge in [0.15, 0.2) is 16.7 Å². The van der Waals surface area contributed by atoms with Gasteiger partial charge in [-0.2, -0.15) is 0 Å². The molecule has 0 amide bonds. The molecule has 7 heteroatoms. The van der Waals surface area contributed by atoms with Gasteiger partial charge in [-0.05, 0) is 18.6 Å². The highest BCUT2D eigenvalue weighted by Gasteiger charge is 2.10. The van der Waals surface area contributed by atoms with E-state index < -0.39 is 17.5 Å². The Hall–Kier alpha value is -1.34. The summed E-state index contributed by atoms with van der Waals surface area (Å²) in [5, 5.41) is 5.37. The predicted molar refractivity (Wildman–Crippen MR) is 67.0 cm³/mol. The molecule has 1 aromatic carbocycles. The molecule has 0 aliphatic rings. The third-order valence-corrected chi connectivity index (χ3v) is 2.32. The summed E-state index contributed by atoms with van der Waals surface area (Å²) in [5.74, 6) is -3.28. The van der Waals surface area contributed by atoms with Crippen molar-refractivity contribution in [3.63, 3.8) is 0 Å². The van der Waals surface area contributed by atoms with Gasteiger partial charge in [-0.3, -0.25) is 0 Å². The lowest BCUT2D eigenvalue weighted by Crippen LogP contribution is -2.30. The molecule has 1 rings (SSSR count). The Morgan fingerprint density at radius 2 is 1.89 bits per heavy atom. The monoisotopic (exact) mass is 278 g/mol. The van der Waals surface area contributed by atoms with E-state index in [2.05, 4.69) is 10.6 Å². The van der Waals surface area contributed by atoms with Gasteiger partial charge in [0.1, 0.15) is 5.82 Å². The number of hydrogen-bond donors (Lipinski definition) is 2. The fourth-order valence-electron chi connectivity index (χ4n) is 1.20. The first-order chi connectivity index (χ1) is 8.54.